The van der Waals surface area contributed by atoms with Crippen molar-refractivity contribution in [2.45, 2.75) is 12.8 Å². The van der Waals surface area contributed by atoms with Crippen LogP contribution in [0.25, 0.3) is 54.6 Å². The lowest BCUT2D eigenvalue weighted by Crippen LogP contribution is -1.94. The Morgan fingerprint density at radius 3 is 1.50 bits per heavy atom. The van der Waals surface area contributed by atoms with Gasteiger partial charge in [-0.1, -0.05) is 60.7 Å². The number of para-hydroxylation sites is 2. The molecule has 0 saturated heterocycles. The van der Waals surface area contributed by atoms with Crippen LogP contribution in [0.4, 0.5) is 0 Å². The van der Waals surface area contributed by atoms with Crippen LogP contribution >= 0.6 is 0 Å². The average molecular weight is 461 g/mol. The molecule has 0 atom stereocenters. The van der Waals surface area contributed by atoms with E-state index in [1.54, 1.807) is 0 Å². The number of nitrogens with zero attached hydrogens (tertiary/aromatic N) is 4. The van der Waals surface area contributed by atoms with E-state index in [2.05, 4.69) is 106 Å². The summed E-state index contributed by atoms with van der Waals surface area (Å²) in [4.78, 5) is 10.3. The second kappa shape index (κ2) is 6.49. The number of aromatic nitrogens is 4. The lowest BCUT2D eigenvalue weighted by atomic mass is 9.97. The van der Waals surface area contributed by atoms with Crippen molar-refractivity contribution in [2.75, 3.05) is 0 Å². The zero-order valence-electron chi connectivity index (χ0n) is 19.4. The largest absolute Gasteiger partial charge is 0.299 e. The van der Waals surface area contributed by atoms with Gasteiger partial charge in [0.05, 0.1) is 22.4 Å². The van der Waals surface area contributed by atoms with Crippen molar-refractivity contribution < 1.29 is 0 Å². The van der Waals surface area contributed by atoms with Crippen LogP contribution in [-0.4, -0.2) is 18.8 Å². The molecule has 168 valence electrons. The van der Waals surface area contributed by atoms with Gasteiger partial charge in [-0.2, -0.15) is 0 Å². The molecule has 0 radical (unpaired) electrons. The first kappa shape index (κ1) is 18.6. The number of rotatable bonds is 0. The number of hydrogen-bond donors (Lipinski definition) is 0. The zero-order chi connectivity index (χ0) is 23.4. The van der Waals surface area contributed by atoms with Crippen molar-refractivity contribution in [1.29, 1.82) is 0 Å². The van der Waals surface area contributed by atoms with Gasteiger partial charge in [-0.3, -0.25) is 8.80 Å². The summed E-state index contributed by atoms with van der Waals surface area (Å²) in [6.45, 7) is 0. The minimum absolute atomic E-state index is 0.689. The Morgan fingerprint density at radius 2 is 0.972 bits per heavy atom. The van der Waals surface area contributed by atoms with Crippen LogP contribution in [0.15, 0.2) is 97.3 Å². The van der Waals surface area contributed by atoms with E-state index >= 15 is 0 Å². The van der Waals surface area contributed by atoms with Gasteiger partial charge in [0, 0.05) is 40.4 Å². The zero-order valence-corrected chi connectivity index (χ0v) is 19.4. The van der Waals surface area contributed by atoms with Gasteiger partial charge in [0.2, 0.25) is 0 Å². The maximum atomic E-state index is 5.17. The normalized spacial score (nSPS) is 13.3. The predicted octanol–water partition coefficient (Wildman–Crippen LogP) is 7.09. The third-order valence-electron chi connectivity index (χ3n) is 7.84. The molecule has 1 aliphatic rings. The molecule has 5 heterocycles. The SMILES string of the molecule is c1ccc2c(c1)c1ccc3cc1c1nc(cn21)Cc1cn2c4ccccc4c4ccc(cc4c2n1)C3. The highest BCUT2D eigenvalue weighted by molar-refractivity contribution is 6.13. The molecule has 36 heavy (non-hydrogen) atoms. The summed E-state index contributed by atoms with van der Waals surface area (Å²) in [6, 6.07) is 31.0. The molecule has 0 saturated carbocycles. The van der Waals surface area contributed by atoms with Gasteiger partial charge >= 0.3 is 0 Å². The molecular weight excluding hydrogens is 440 g/mol. The minimum Gasteiger partial charge on any atom is -0.299 e. The van der Waals surface area contributed by atoms with Crippen molar-refractivity contribution in [2.24, 2.45) is 0 Å². The molecule has 4 aromatic heterocycles. The monoisotopic (exact) mass is 460 g/mol. The Balaban J connectivity index is 1.45. The van der Waals surface area contributed by atoms with Crippen LogP contribution < -0.4 is 0 Å². The van der Waals surface area contributed by atoms with E-state index in [1.165, 1.54) is 54.5 Å². The van der Waals surface area contributed by atoms with Crippen LogP contribution in [0.3, 0.4) is 0 Å². The highest BCUT2D eigenvalue weighted by atomic mass is 15.0. The molecule has 4 nitrogen and oxygen atoms in total. The molecular formula is C32H20N4. The maximum absolute atomic E-state index is 5.17. The van der Waals surface area contributed by atoms with Crippen LogP contribution in [0.5, 0.6) is 0 Å². The van der Waals surface area contributed by atoms with Crippen LogP contribution in [-0.2, 0) is 12.8 Å². The molecule has 4 aromatic carbocycles. The molecule has 0 aliphatic carbocycles. The fourth-order valence-electron chi connectivity index (χ4n) is 6.26. The number of fused-ring (bicyclic) bond motifs is 10. The first-order chi connectivity index (χ1) is 17.8. The van der Waals surface area contributed by atoms with Gasteiger partial charge in [0.25, 0.3) is 0 Å². The number of pyridine rings is 2. The third-order valence-corrected chi connectivity index (χ3v) is 7.84. The molecule has 0 unspecified atom stereocenters. The van der Waals surface area contributed by atoms with Gasteiger partial charge in [-0.15, -0.1) is 0 Å². The Kier molecular flexibility index (Phi) is 3.36. The maximum Gasteiger partial charge on any atom is 0.145 e. The summed E-state index contributed by atoms with van der Waals surface area (Å²) >= 11 is 0. The van der Waals surface area contributed by atoms with E-state index in [-0.39, 0.29) is 0 Å². The summed E-state index contributed by atoms with van der Waals surface area (Å²) in [6.07, 6.45) is 5.95. The quantitative estimate of drug-likeness (QED) is 0.226. The summed E-state index contributed by atoms with van der Waals surface area (Å²) in [5.74, 6) is 0. The second-order valence-electron chi connectivity index (χ2n) is 10.00. The van der Waals surface area contributed by atoms with Crippen molar-refractivity contribution in [1.82, 2.24) is 18.8 Å². The van der Waals surface area contributed by atoms with Gasteiger partial charge in [-0.25, -0.2) is 9.97 Å². The Labute approximate surface area is 206 Å². The highest BCUT2D eigenvalue weighted by Gasteiger charge is 2.17. The standard InChI is InChI=1S/C32H20N4/c1-3-7-29-25(5-1)23-11-9-19-13-20-10-12-24-26-6-2-4-8-30(26)36-18-22(34-32(36)28(24)15-20)16-21-17-35(29)31(33-21)27(23)14-19/h1-12,14-15,17-18H,13,16H2. The van der Waals surface area contributed by atoms with E-state index in [0.29, 0.717) is 6.42 Å². The van der Waals surface area contributed by atoms with E-state index in [0.717, 1.165) is 29.1 Å². The summed E-state index contributed by atoms with van der Waals surface area (Å²) in [7, 11) is 0. The molecule has 1 aliphatic heterocycles. The lowest BCUT2D eigenvalue weighted by molar-refractivity contribution is 1.06. The smallest absolute Gasteiger partial charge is 0.145 e. The van der Waals surface area contributed by atoms with Gasteiger partial charge in [-0.05, 0) is 52.6 Å². The van der Waals surface area contributed by atoms with Crippen molar-refractivity contribution in [3.63, 3.8) is 0 Å². The van der Waals surface area contributed by atoms with Crippen LogP contribution in [0.2, 0.25) is 0 Å². The van der Waals surface area contributed by atoms with E-state index in [9.17, 15) is 0 Å². The average Bonchev–Trinajstić information content (AvgIpc) is 3.54. The third kappa shape index (κ3) is 2.38. The molecule has 4 heteroatoms. The van der Waals surface area contributed by atoms with Crippen molar-refractivity contribution >= 4 is 54.6 Å². The lowest BCUT2D eigenvalue weighted by Gasteiger charge is -2.12. The Bertz CT molecular complexity index is 2060. The van der Waals surface area contributed by atoms with Gasteiger partial charge in [0.15, 0.2) is 0 Å². The minimum atomic E-state index is 0.689. The van der Waals surface area contributed by atoms with E-state index in [1.807, 2.05) is 0 Å². The second-order valence-corrected chi connectivity index (χ2v) is 10.00. The molecule has 8 bridgehead atoms. The first-order valence-corrected chi connectivity index (χ1v) is 12.4. The molecule has 0 amide bonds. The van der Waals surface area contributed by atoms with Crippen LogP contribution in [0.1, 0.15) is 22.5 Å². The van der Waals surface area contributed by atoms with E-state index < -0.39 is 0 Å². The summed E-state index contributed by atoms with van der Waals surface area (Å²) < 4.78 is 4.53. The molecule has 0 N–H and O–H groups in total. The van der Waals surface area contributed by atoms with Gasteiger partial charge < -0.3 is 0 Å². The number of hydrogen-bond acceptors (Lipinski definition) is 2. The topological polar surface area (TPSA) is 34.6 Å². The number of imidazole rings is 2. The molecule has 8 aromatic rings. The van der Waals surface area contributed by atoms with Gasteiger partial charge in [0.1, 0.15) is 11.3 Å². The fraction of sp³-hybridized carbons (Fsp3) is 0.0625. The fourth-order valence-corrected chi connectivity index (χ4v) is 6.26. The molecule has 0 spiro atoms. The Hall–Kier alpha value is -4.70. The predicted molar refractivity (Wildman–Crippen MR) is 146 cm³/mol. The first-order valence-electron chi connectivity index (χ1n) is 12.4. The molecule has 0 fully saturated rings. The Morgan fingerprint density at radius 1 is 0.472 bits per heavy atom. The van der Waals surface area contributed by atoms with Crippen molar-refractivity contribution in [3.05, 3.63) is 120 Å². The van der Waals surface area contributed by atoms with Crippen LogP contribution in [0, 0.1) is 0 Å². The van der Waals surface area contributed by atoms with E-state index in [4.69, 9.17) is 9.97 Å². The van der Waals surface area contributed by atoms with Crippen molar-refractivity contribution in [3.8, 4) is 0 Å². The summed E-state index contributed by atoms with van der Waals surface area (Å²) in [5, 5.41) is 7.42. The summed E-state index contributed by atoms with van der Waals surface area (Å²) in [5.41, 5.74) is 9.06. The molecule has 9 rings (SSSR count). The highest BCUT2D eigenvalue weighted by Crippen LogP contribution is 2.34. The number of benzene rings is 4.